The quantitative estimate of drug-likeness (QED) is 0.504. The zero-order valence-electron chi connectivity index (χ0n) is 11.3. The number of benzene rings is 1. The Labute approximate surface area is 113 Å². The van der Waals surface area contributed by atoms with Crippen LogP contribution >= 0.6 is 0 Å². The molecule has 0 saturated heterocycles. The van der Waals surface area contributed by atoms with E-state index in [1.165, 1.54) is 0 Å². The van der Waals surface area contributed by atoms with E-state index in [4.69, 9.17) is 0 Å². The van der Waals surface area contributed by atoms with Crippen molar-refractivity contribution in [2.24, 2.45) is 5.41 Å². The number of carbonyl (C=O) groups is 2. The fraction of sp³-hybridized carbons (Fsp3) is 0.375. The van der Waals surface area contributed by atoms with Crippen LogP contribution in [0.2, 0.25) is 0 Å². The Morgan fingerprint density at radius 2 is 1.63 bits per heavy atom. The minimum atomic E-state index is -0.301. The molecule has 0 heterocycles. The molecule has 1 aromatic carbocycles. The molecule has 1 aliphatic rings. The largest absolute Gasteiger partial charge is 0.511 e. The van der Waals surface area contributed by atoms with Gasteiger partial charge in [0.25, 0.3) is 0 Å². The fourth-order valence-corrected chi connectivity index (χ4v) is 2.46. The number of allylic oxidation sites excluding steroid dienone is 2. The summed E-state index contributed by atoms with van der Waals surface area (Å²) in [6.45, 7) is 3.79. The van der Waals surface area contributed by atoms with E-state index in [1.54, 1.807) is 0 Å². The van der Waals surface area contributed by atoms with E-state index in [9.17, 15) is 14.7 Å². The molecule has 3 nitrogen and oxygen atoms in total. The highest BCUT2D eigenvalue weighted by Gasteiger charge is 2.37. The number of aliphatic hydroxyl groups is 1. The van der Waals surface area contributed by atoms with Gasteiger partial charge in [0, 0.05) is 19.3 Å². The molecule has 0 unspecified atom stereocenters. The summed E-state index contributed by atoms with van der Waals surface area (Å²) in [4.78, 5) is 24.0. The van der Waals surface area contributed by atoms with Crippen molar-refractivity contribution in [3.63, 3.8) is 0 Å². The Hall–Kier alpha value is -1.90. The Bertz CT molecular complexity index is 516. The molecular weight excluding hydrogens is 240 g/mol. The Balaban J connectivity index is 2.26. The lowest BCUT2D eigenvalue weighted by Crippen LogP contribution is -2.32. The monoisotopic (exact) mass is 258 g/mol. The van der Waals surface area contributed by atoms with Gasteiger partial charge in [0.05, 0.1) is 5.57 Å². The minimum Gasteiger partial charge on any atom is -0.511 e. The third kappa shape index (κ3) is 3.11. The molecule has 0 aliphatic heterocycles. The summed E-state index contributed by atoms with van der Waals surface area (Å²) >= 11 is 0. The standard InChI is InChI=1S/C16H18O3/c1-16(2)9-13(18)15(14(19)10-16)12(17)8-11-6-4-3-5-7-11/h3-7,17H,8-10H2,1-2H3. The summed E-state index contributed by atoms with van der Waals surface area (Å²) in [5.41, 5.74) is 0.589. The van der Waals surface area contributed by atoms with Crippen molar-refractivity contribution >= 4 is 11.6 Å². The predicted molar refractivity (Wildman–Crippen MR) is 72.8 cm³/mol. The molecule has 19 heavy (non-hydrogen) atoms. The molecule has 3 heteroatoms. The van der Waals surface area contributed by atoms with Crippen molar-refractivity contribution in [2.75, 3.05) is 0 Å². The Morgan fingerprint density at radius 3 is 2.16 bits per heavy atom. The topological polar surface area (TPSA) is 54.4 Å². The van der Waals surface area contributed by atoms with Crippen LogP contribution in [-0.4, -0.2) is 16.7 Å². The first-order valence-electron chi connectivity index (χ1n) is 6.41. The van der Waals surface area contributed by atoms with Crippen LogP contribution < -0.4 is 0 Å². The lowest BCUT2D eigenvalue weighted by atomic mass is 9.73. The summed E-state index contributed by atoms with van der Waals surface area (Å²) in [5, 5.41) is 10.1. The third-order valence-electron chi connectivity index (χ3n) is 3.34. The highest BCUT2D eigenvalue weighted by atomic mass is 16.3. The van der Waals surface area contributed by atoms with Crippen LogP contribution in [-0.2, 0) is 16.0 Å². The van der Waals surface area contributed by atoms with Gasteiger partial charge in [-0.3, -0.25) is 9.59 Å². The molecular formula is C16H18O3. The van der Waals surface area contributed by atoms with E-state index < -0.39 is 0 Å². The van der Waals surface area contributed by atoms with E-state index >= 15 is 0 Å². The number of Topliss-reactive ketones (excluding diaryl/α,β-unsaturated/α-hetero) is 2. The molecule has 100 valence electrons. The van der Waals surface area contributed by atoms with Gasteiger partial charge in [-0.1, -0.05) is 44.2 Å². The molecule has 1 fully saturated rings. The van der Waals surface area contributed by atoms with Crippen LogP contribution in [0.4, 0.5) is 0 Å². The molecule has 0 atom stereocenters. The van der Waals surface area contributed by atoms with Crippen molar-refractivity contribution in [3.8, 4) is 0 Å². The van der Waals surface area contributed by atoms with E-state index in [2.05, 4.69) is 0 Å². The highest BCUT2D eigenvalue weighted by molar-refractivity contribution is 6.22. The average Bonchev–Trinajstić information content (AvgIpc) is 2.27. The molecule has 0 bridgehead atoms. The molecule has 2 rings (SSSR count). The van der Waals surface area contributed by atoms with Gasteiger partial charge in [-0.15, -0.1) is 0 Å². The number of carbonyl (C=O) groups excluding carboxylic acids is 2. The maximum atomic E-state index is 12.0. The number of hydrogen-bond donors (Lipinski definition) is 1. The first kappa shape index (κ1) is 13.5. The Kier molecular flexibility index (Phi) is 3.56. The van der Waals surface area contributed by atoms with Crippen molar-refractivity contribution in [3.05, 3.63) is 47.2 Å². The van der Waals surface area contributed by atoms with Crippen LogP contribution in [0.5, 0.6) is 0 Å². The van der Waals surface area contributed by atoms with Crippen molar-refractivity contribution in [2.45, 2.75) is 33.1 Å². The summed E-state index contributed by atoms with van der Waals surface area (Å²) in [7, 11) is 0. The third-order valence-corrected chi connectivity index (χ3v) is 3.34. The number of rotatable bonds is 2. The van der Waals surface area contributed by atoms with E-state index in [1.807, 2.05) is 44.2 Å². The zero-order valence-corrected chi connectivity index (χ0v) is 11.3. The predicted octanol–water partition coefficient (Wildman–Crippen LogP) is 3.00. The number of aliphatic hydroxyl groups excluding tert-OH is 1. The van der Waals surface area contributed by atoms with Gasteiger partial charge in [0.1, 0.15) is 5.76 Å². The lowest BCUT2D eigenvalue weighted by molar-refractivity contribution is -0.127. The molecule has 1 aliphatic carbocycles. The summed E-state index contributed by atoms with van der Waals surface area (Å²) < 4.78 is 0. The molecule has 0 aromatic heterocycles. The normalized spacial score (nSPS) is 18.5. The zero-order chi connectivity index (χ0) is 14.0. The van der Waals surface area contributed by atoms with Gasteiger partial charge in [-0.2, -0.15) is 0 Å². The summed E-state index contributed by atoms with van der Waals surface area (Å²) in [6, 6.07) is 9.33. The highest BCUT2D eigenvalue weighted by Crippen LogP contribution is 2.34. The first-order valence-corrected chi connectivity index (χ1v) is 6.41. The fourth-order valence-electron chi connectivity index (χ4n) is 2.46. The molecule has 1 aromatic rings. The van der Waals surface area contributed by atoms with Crippen LogP contribution in [0.1, 0.15) is 32.3 Å². The smallest absolute Gasteiger partial charge is 0.170 e. The van der Waals surface area contributed by atoms with Gasteiger partial charge in [0.2, 0.25) is 0 Å². The van der Waals surface area contributed by atoms with Crippen molar-refractivity contribution in [1.82, 2.24) is 0 Å². The Morgan fingerprint density at radius 1 is 1.11 bits per heavy atom. The summed E-state index contributed by atoms with van der Waals surface area (Å²) in [6.07, 6.45) is 0.855. The molecule has 0 amide bonds. The maximum absolute atomic E-state index is 12.0. The summed E-state index contributed by atoms with van der Waals surface area (Å²) in [5.74, 6) is -0.582. The SMILES string of the molecule is CC1(C)CC(=O)C(=C(O)Cc2ccccc2)C(=O)C1. The van der Waals surface area contributed by atoms with Crippen LogP contribution in [0.3, 0.4) is 0 Å². The van der Waals surface area contributed by atoms with Gasteiger partial charge >= 0.3 is 0 Å². The molecule has 0 radical (unpaired) electrons. The van der Waals surface area contributed by atoms with E-state index in [0.29, 0.717) is 12.8 Å². The average molecular weight is 258 g/mol. The van der Waals surface area contributed by atoms with Crippen molar-refractivity contribution < 1.29 is 14.7 Å². The number of hydrogen-bond acceptors (Lipinski definition) is 3. The second kappa shape index (κ2) is 5.00. The molecule has 0 spiro atoms. The molecule has 1 saturated carbocycles. The van der Waals surface area contributed by atoms with Gasteiger partial charge in [0.15, 0.2) is 11.6 Å². The minimum absolute atomic E-state index is 0.00294. The van der Waals surface area contributed by atoms with Crippen molar-refractivity contribution in [1.29, 1.82) is 0 Å². The number of ketones is 2. The van der Waals surface area contributed by atoms with Crippen LogP contribution in [0.25, 0.3) is 0 Å². The van der Waals surface area contributed by atoms with Crippen LogP contribution in [0.15, 0.2) is 41.7 Å². The van der Waals surface area contributed by atoms with E-state index in [0.717, 1.165) is 5.56 Å². The van der Waals surface area contributed by atoms with Crippen LogP contribution in [0, 0.1) is 5.41 Å². The van der Waals surface area contributed by atoms with Gasteiger partial charge in [-0.05, 0) is 11.0 Å². The van der Waals surface area contributed by atoms with Gasteiger partial charge < -0.3 is 5.11 Å². The first-order chi connectivity index (χ1) is 8.89. The van der Waals surface area contributed by atoms with Gasteiger partial charge in [-0.25, -0.2) is 0 Å². The second-order valence-electron chi connectivity index (χ2n) is 5.85. The molecule has 1 N–H and O–H groups in total. The second-order valence-corrected chi connectivity index (χ2v) is 5.85. The maximum Gasteiger partial charge on any atom is 0.170 e. The van der Waals surface area contributed by atoms with E-state index in [-0.39, 0.29) is 34.7 Å². The lowest BCUT2D eigenvalue weighted by Gasteiger charge is -2.28.